The molecule has 1 unspecified atom stereocenters. The summed E-state index contributed by atoms with van der Waals surface area (Å²) in [6.07, 6.45) is 3.79. The van der Waals surface area contributed by atoms with Crippen LogP contribution in [0.2, 0.25) is 0 Å². The molecule has 0 aliphatic rings. The number of carbonyl (C=O) groups excluding carboxylic acids is 3. The minimum Gasteiger partial charge on any atom is -0.359 e. The number of hydrogen-bond donors (Lipinski definition) is 4. The van der Waals surface area contributed by atoms with Gasteiger partial charge in [0.15, 0.2) is 0 Å². The number of nitrogens with one attached hydrogen (secondary N) is 4. The molecule has 4 N–H and O–H groups in total. The third-order valence-electron chi connectivity index (χ3n) is 4.71. The Kier molecular flexibility index (Phi) is 12.7. The molecule has 0 aliphatic heterocycles. The average Bonchev–Trinajstić information content (AvgIpc) is 2.64. The molecule has 0 heterocycles. The van der Waals surface area contributed by atoms with E-state index in [9.17, 15) is 14.4 Å². The third-order valence-corrected chi connectivity index (χ3v) is 4.71. The highest BCUT2D eigenvalue weighted by molar-refractivity contribution is 5.77. The first-order chi connectivity index (χ1) is 13.1. The maximum Gasteiger partial charge on any atom is 0.220 e. The van der Waals surface area contributed by atoms with E-state index in [2.05, 4.69) is 42.0 Å². The van der Waals surface area contributed by atoms with Crippen LogP contribution in [-0.4, -0.2) is 49.9 Å². The summed E-state index contributed by atoms with van der Waals surface area (Å²) in [5, 5.41) is 12.0. The molecule has 164 valence electrons. The summed E-state index contributed by atoms with van der Waals surface area (Å²) in [7, 11) is 1.62. The quantitative estimate of drug-likeness (QED) is 0.360. The average molecular weight is 399 g/mol. The van der Waals surface area contributed by atoms with Crippen LogP contribution in [0.3, 0.4) is 0 Å². The molecule has 0 bridgehead atoms. The van der Waals surface area contributed by atoms with Gasteiger partial charge in [0.2, 0.25) is 17.7 Å². The van der Waals surface area contributed by atoms with Gasteiger partial charge >= 0.3 is 0 Å². The zero-order chi connectivity index (χ0) is 21.6. The van der Waals surface area contributed by atoms with Gasteiger partial charge in [0.1, 0.15) is 0 Å². The fraction of sp³-hybridized carbons (Fsp3) is 0.857. The van der Waals surface area contributed by atoms with Crippen LogP contribution in [0, 0.1) is 5.41 Å². The Hall–Kier alpha value is -1.63. The maximum absolute atomic E-state index is 12.3. The summed E-state index contributed by atoms with van der Waals surface area (Å²) in [5.74, 6) is -0.0104. The van der Waals surface area contributed by atoms with Gasteiger partial charge in [0.05, 0.1) is 0 Å². The molecule has 3 amide bonds. The summed E-state index contributed by atoms with van der Waals surface area (Å²) in [4.78, 5) is 36.2. The molecule has 0 aromatic heterocycles. The summed E-state index contributed by atoms with van der Waals surface area (Å²) in [5.41, 5.74) is -0.380. The van der Waals surface area contributed by atoms with Crippen molar-refractivity contribution < 1.29 is 14.4 Å². The van der Waals surface area contributed by atoms with Gasteiger partial charge in [-0.2, -0.15) is 0 Å². The smallest absolute Gasteiger partial charge is 0.220 e. The number of carbonyl (C=O) groups is 3. The second kappa shape index (κ2) is 13.5. The normalized spacial score (nSPS) is 13.5. The van der Waals surface area contributed by atoms with Crippen LogP contribution in [0.15, 0.2) is 0 Å². The Labute approximate surface area is 171 Å². The van der Waals surface area contributed by atoms with E-state index in [1.165, 1.54) is 0 Å². The minimum atomic E-state index is -0.413. The number of hydrogen-bond acceptors (Lipinski definition) is 4. The van der Waals surface area contributed by atoms with Crippen molar-refractivity contribution in [3.63, 3.8) is 0 Å². The van der Waals surface area contributed by atoms with E-state index < -0.39 is 5.54 Å². The van der Waals surface area contributed by atoms with E-state index in [-0.39, 0.29) is 23.1 Å². The molecule has 0 saturated carbocycles. The molecular weight excluding hydrogens is 356 g/mol. The van der Waals surface area contributed by atoms with Crippen LogP contribution in [-0.2, 0) is 14.4 Å². The Bertz CT molecular complexity index is 489. The summed E-state index contributed by atoms with van der Waals surface area (Å²) in [6, 6.07) is 0. The second-order valence-electron chi connectivity index (χ2n) is 8.67. The van der Waals surface area contributed by atoms with Crippen LogP contribution in [0.4, 0.5) is 0 Å². The topological polar surface area (TPSA) is 99.3 Å². The molecule has 7 heteroatoms. The third kappa shape index (κ3) is 12.7. The summed E-state index contributed by atoms with van der Waals surface area (Å²) >= 11 is 0. The first kappa shape index (κ1) is 26.4. The second-order valence-corrected chi connectivity index (χ2v) is 8.67. The largest absolute Gasteiger partial charge is 0.359 e. The van der Waals surface area contributed by atoms with Crippen molar-refractivity contribution in [2.24, 2.45) is 5.41 Å². The molecule has 0 spiro atoms. The summed E-state index contributed by atoms with van der Waals surface area (Å²) < 4.78 is 0. The fourth-order valence-electron chi connectivity index (χ4n) is 3.00. The van der Waals surface area contributed by atoms with Gasteiger partial charge in [-0.15, -0.1) is 0 Å². The van der Waals surface area contributed by atoms with Crippen LogP contribution in [0.25, 0.3) is 0 Å². The van der Waals surface area contributed by atoms with Crippen molar-refractivity contribution in [1.29, 1.82) is 0 Å². The van der Waals surface area contributed by atoms with Crippen molar-refractivity contribution >= 4 is 17.7 Å². The molecule has 0 saturated heterocycles. The van der Waals surface area contributed by atoms with Gasteiger partial charge < -0.3 is 21.3 Å². The number of rotatable bonds is 14. The summed E-state index contributed by atoms with van der Waals surface area (Å²) in [6.45, 7) is 12.3. The van der Waals surface area contributed by atoms with Crippen molar-refractivity contribution in [3.8, 4) is 0 Å². The van der Waals surface area contributed by atoms with Gasteiger partial charge in [-0.05, 0) is 37.6 Å². The highest BCUT2D eigenvalue weighted by Gasteiger charge is 2.31. The lowest BCUT2D eigenvalue weighted by Crippen LogP contribution is -2.48. The van der Waals surface area contributed by atoms with Crippen molar-refractivity contribution in [1.82, 2.24) is 21.3 Å². The molecule has 7 nitrogen and oxygen atoms in total. The molecule has 0 aromatic carbocycles. The first-order valence-electron chi connectivity index (χ1n) is 10.6. The fourth-order valence-corrected chi connectivity index (χ4v) is 3.00. The molecule has 0 aromatic rings. The van der Waals surface area contributed by atoms with Crippen LogP contribution < -0.4 is 21.3 Å². The zero-order valence-electron chi connectivity index (χ0n) is 18.8. The molecule has 0 fully saturated rings. The lowest BCUT2D eigenvalue weighted by molar-refractivity contribution is -0.122. The van der Waals surface area contributed by atoms with Crippen molar-refractivity contribution in [3.05, 3.63) is 0 Å². The predicted molar refractivity (Wildman–Crippen MR) is 114 cm³/mol. The van der Waals surface area contributed by atoms with E-state index in [0.29, 0.717) is 58.2 Å². The number of amides is 3. The van der Waals surface area contributed by atoms with Gasteiger partial charge in [0, 0.05) is 44.9 Å². The van der Waals surface area contributed by atoms with E-state index >= 15 is 0 Å². The van der Waals surface area contributed by atoms with Gasteiger partial charge in [-0.3, -0.25) is 14.4 Å². The molecular formula is C21H42N4O3. The predicted octanol–water partition coefficient (Wildman–Crippen LogP) is 2.11. The molecule has 0 aliphatic carbocycles. The molecule has 0 rings (SSSR count). The Morgan fingerprint density at radius 1 is 0.786 bits per heavy atom. The minimum absolute atomic E-state index is 0.00702. The van der Waals surface area contributed by atoms with Crippen LogP contribution in [0.1, 0.15) is 79.6 Å². The van der Waals surface area contributed by atoms with E-state index in [0.717, 1.165) is 6.42 Å². The monoisotopic (exact) mass is 398 g/mol. The maximum atomic E-state index is 12.3. The SMILES string of the molecule is CCCNC(=O)CCC(CCC(=O)NC)(CCC(=O)NCC(C)(C)C)NCC. The molecule has 0 radical (unpaired) electrons. The Morgan fingerprint density at radius 2 is 1.29 bits per heavy atom. The van der Waals surface area contributed by atoms with Crippen molar-refractivity contribution in [2.45, 2.75) is 85.1 Å². The highest BCUT2D eigenvalue weighted by atomic mass is 16.2. The zero-order valence-corrected chi connectivity index (χ0v) is 18.8. The van der Waals surface area contributed by atoms with Gasteiger partial charge in [-0.25, -0.2) is 0 Å². The van der Waals surface area contributed by atoms with E-state index in [1.807, 2.05) is 13.8 Å². The van der Waals surface area contributed by atoms with Crippen molar-refractivity contribution in [2.75, 3.05) is 26.7 Å². The van der Waals surface area contributed by atoms with Crippen LogP contribution >= 0.6 is 0 Å². The lowest BCUT2D eigenvalue weighted by Gasteiger charge is -2.35. The Balaban J connectivity index is 5.00. The van der Waals surface area contributed by atoms with E-state index in [1.54, 1.807) is 7.05 Å². The highest BCUT2D eigenvalue weighted by Crippen LogP contribution is 2.26. The lowest BCUT2D eigenvalue weighted by atomic mass is 9.83. The molecule has 1 atom stereocenters. The van der Waals surface area contributed by atoms with E-state index in [4.69, 9.17) is 0 Å². The van der Waals surface area contributed by atoms with Crippen LogP contribution in [0.5, 0.6) is 0 Å². The Morgan fingerprint density at radius 3 is 1.71 bits per heavy atom. The first-order valence-corrected chi connectivity index (χ1v) is 10.6. The van der Waals surface area contributed by atoms with Gasteiger partial charge in [0.25, 0.3) is 0 Å². The van der Waals surface area contributed by atoms with Gasteiger partial charge in [-0.1, -0.05) is 34.6 Å². The standard InChI is InChI=1S/C21H42N4O3/c1-7-15-23-18(27)10-13-21(25-8-2,12-9-17(26)22-6)14-11-19(28)24-16-20(3,4)5/h25H,7-16H2,1-6H3,(H,22,26)(H,23,27)(H,24,28). The molecule has 28 heavy (non-hydrogen) atoms.